The summed E-state index contributed by atoms with van der Waals surface area (Å²) in [4.78, 5) is 33.8. The Hall–Kier alpha value is -2.50. The standard InChI is InChI=1S/C15H15N3O3/c19-14(18-7-1-2-8-18)10-21-15(20)11-3-4-12-13(9-11)17-6-5-16-12/h3-6,9H,1-2,7-8,10H2. The number of benzene rings is 1. The maximum atomic E-state index is 12.0. The van der Waals surface area contributed by atoms with Crippen LogP contribution in [0.25, 0.3) is 11.0 Å². The lowest BCUT2D eigenvalue weighted by molar-refractivity contribution is -0.133. The van der Waals surface area contributed by atoms with Crippen molar-refractivity contribution in [1.82, 2.24) is 14.9 Å². The van der Waals surface area contributed by atoms with E-state index in [0.717, 1.165) is 25.9 Å². The monoisotopic (exact) mass is 285 g/mol. The van der Waals surface area contributed by atoms with Crippen LogP contribution in [0, 0.1) is 0 Å². The zero-order valence-electron chi connectivity index (χ0n) is 11.5. The molecule has 0 spiro atoms. The topological polar surface area (TPSA) is 72.4 Å². The number of hydrogen-bond donors (Lipinski definition) is 0. The highest BCUT2D eigenvalue weighted by atomic mass is 16.5. The zero-order valence-corrected chi connectivity index (χ0v) is 11.5. The SMILES string of the molecule is O=C(OCC(=O)N1CCCC1)c1ccc2nccnc2c1. The molecular formula is C15H15N3O3. The molecular weight excluding hydrogens is 270 g/mol. The van der Waals surface area contributed by atoms with Crippen LogP contribution in [0.5, 0.6) is 0 Å². The first-order valence-electron chi connectivity index (χ1n) is 6.90. The van der Waals surface area contributed by atoms with E-state index in [4.69, 9.17) is 4.74 Å². The van der Waals surface area contributed by atoms with Gasteiger partial charge in [0.25, 0.3) is 5.91 Å². The molecule has 1 fully saturated rings. The highest BCUT2D eigenvalue weighted by molar-refractivity contribution is 5.94. The van der Waals surface area contributed by atoms with Crippen LogP contribution < -0.4 is 0 Å². The van der Waals surface area contributed by atoms with Gasteiger partial charge >= 0.3 is 5.97 Å². The highest BCUT2D eigenvalue weighted by Crippen LogP contribution is 2.12. The van der Waals surface area contributed by atoms with Crippen molar-refractivity contribution in [2.45, 2.75) is 12.8 Å². The third-order valence-electron chi connectivity index (χ3n) is 3.49. The molecule has 0 unspecified atom stereocenters. The van der Waals surface area contributed by atoms with E-state index in [1.54, 1.807) is 35.5 Å². The highest BCUT2D eigenvalue weighted by Gasteiger charge is 2.19. The Morgan fingerprint density at radius 2 is 1.81 bits per heavy atom. The van der Waals surface area contributed by atoms with E-state index in [-0.39, 0.29) is 12.5 Å². The summed E-state index contributed by atoms with van der Waals surface area (Å²) in [5, 5.41) is 0. The molecule has 0 saturated carbocycles. The number of esters is 1. The van der Waals surface area contributed by atoms with Gasteiger partial charge in [-0.25, -0.2) is 4.79 Å². The van der Waals surface area contributed by atoms with Crippen LogP contribution in [-0.2, 0) is 9.53 Å². The summed E-state index contributed by atoms with van der Waals surface area (Å²) >= 11 is 0. The van der Waals surface area contributed by atoms with Crippen molar-refractivity contribution in [3.8, 4) is 0 Å². The largest absolute Gasteiger partial charge is 0.452 e. The van der Waals surface area contributed by atoms with Gasteiger partial charge in [0.05, 0.1) is 16.6 Å². The fraction of sp³-hybridized carbons (Fsp3) is 0.333. The van der Waals surface area contributed by atoms with Gasteiger partial charge in [-0.2, -0.15) is 0 Å². The zero-order chi connectivity index (χ0) is 14.7. The summed E-state index contributed by atoms with van der Waals surface area (Å²) < 4.78 is 5.07. The summed E-state index contributed by atoms with van der Waals surface area (Å²) in [5.41, 5.74) is 1.71. The van der Waals surface area contributed by atoms with Crippen LogP contribution in [0.15, 0.2) is 30.6 Å². The predicted octanol–water partition coefficient (Wildman–Crippen LogP) is 1.41. The van der Waals surface area contributed by atoms with E-state index in [0.29, 0.717) is 16.6 Å². The lowest BCUT2D eigenvalue weighted by atomic mass is 10.2. The van der Waals surface area contributed by atoms with Gasteiger partial charge in [-0.15, -0.1) is 0 Å². The first kappa shape index (κ1) is 13.5. The number of nitrogens with zero attached hydrogens (tertiary/aromatic N) is 3. The van der Waals surface area contributed by atoms with Crippen LogP contribution >= 0.6 is 0 Å². The van der Waals surface area contributed by atoms with E-state index in [2.05, 4.69) is 9.97 Å². The molecule has 0 radical (unpaired) electrons. The van der Waals surface area contributed by atoms with E-state index >= 15 is 0 Å². The number of likely N-dealkylation sites (tertiary alicyclic amines) is 1. The molecule has 0 bridgehead atoms. The summed E-state index contributed by atoms with van der Waals surface area (Å²) in [6.45, 7) is 1.29. The van der Waals surface area contributed by atoms with E-state index in [1.807, 2.05) is 0 Å². The Morgan fingerprint density at radius 3 is 2.57 bits per heavy atom. The number of ether oxygens (including phenoxy) is 1. The van der Waals surface area contributed by atoms with Gasteiger partial charge in [0.15, 0.2) is 6.61 Å². The second-order valence-electron chi connectivity index (χ2n) is 4.92. The molecule has 0 aliphatic carbocycles. The molecule has 2 heterocycles. The number of hydrogen-bond acceptors (Lipinski definition) is 5. The van der Waals surface area contributed by atoms with Gasteiger partial charge < -0.3 is 9.64 Å². The van der Waals surface area contributed by atoms with Gasteiger partial charge in [0, 0.05) is 25.5 Å². The minimum absolute atomic E-state index is 0.138. The van der Waals surface area contributed by atoms with Crippen LogP contribution in [0.4, 0.5) is 0 Å². The van der Waals surface area contributed by atoms with Crippen LogP contribution in [0.1, 0.15) is 23.2 Å². The molecule has 3 rings (SSSR count). The molecule has 1 aromatic heterocycles. The smallest absolute Gasteiger partial charge is 0.338 e. The number of carbonyl (C=O) groups excluding carboxylic acids is 2. The Kier molecular flexibility index (Phi) is 3.77. The molecule has 1 aliphatic heterocycles. The molecule has 1 amide bonds. The number of rotatable bonds is 3. The summed E-state index contributed by atoms with van der Waals surface area (Å²) in [6.07, 6.45) is 5.19. The lowest BCUT2D eigenvalue weighted by Crippen LogP contribution is -2.32. The van der Waals surface area contributed by atoms with Crippen molar-refractivity contribution >= 4 is 22.9 Å². The third kappa shape index (κ3) is 2.99. The Bertz CT molecular complexity index is 681. The van der Waals surface area contributed by atoms with Gasteiger partial charge in [-0.1, -0.05) is 0 Å². The van der Waals surface area contributed by atoms with Crippen molar-refractivity contribution in [3.63, 3.8) is 0 Å². The minimum atomic E-state index is -0.518. The summed E-state index contributed by atoms with van der Waals surface area (Å²) in [5.74, 6) is -0.656. The van der Waals surface area contributed by atoms with E-state index in [1.165, 1.54) is 0 Å². The second kappa shape index (κ2) is 5.87. The third-order valence-corrected chi connectivity index (χ3v) is 3.49. The molecule has 6 nitrogen and oxygen atoms in total. The lowest BCUT2D eigenvalue weighted by Gasteiger charge is -2.14. The molecule has 2 aromatic rings. The molecule has 1 aromatic carbocycles. The maximum absolute atomic E-state index is 12.0. The number of aromatic nitrogens is 2. The maximum Gasteiger partial charge on any atom is 0.338 e. The van der Waals surface area contributed by atoms with Gasteiger partial charge in [-0.05, 0) is 31.0 Å². The van der Waals surface area contributed by atoms with Gasteiger partial charge in [0.2, 0.25) is 0 Å². The molecule has 21 heavy (non-hydrogen) atoms. The quantitative estimate of drug-likeness (QED) is 0.797. The first-order valence-corrected chi connectivity index (χ1v) is 6.90. The average Bonchev–Trinajstić information content (AvgIpc) is 3.06. The fourth-order valence-corrected chi connectivity index (χ4v) is 2.36. The van der Waals surface area contributed by atoms with E-state index in [9.17, 15) is 9.59 Å². The molecule has 1 saturated heterocycles. The van der Waals surface area contributed by atoms with Crippen LogP contribution in [0.3, 0.4) is 0 Å². The number of amides is 1. The van der Waals surface area contributed by atoms with Gasteiger partial charge in [0.1, 0.15) is 0 Å². The summed E-state index contributed by atoms with van der Waals surface area (Å²) in [6, 6.07) is 4.95. The number of carbonyl (C=O) groups is 2. The Labute approximate surface area is 121 Å². The predicted molar refractivity (Wildman–Crippen MR) is 75.6 cm³/mol. The van der Waals surface area contributed by atoms with Crippen LogP contribution in [-0.4, -0.2) is 46.4 Å². The van der Waals surface area contributed by atoms with Crippen LogP contribution in [0.2, 0.25) is 0 Å². The first-order chi connectivity index (χ1) is 10.2. The van der Waals surface area contributed by atoms with E-state index < -0.39 is 5.97 Å². The Morgan fingerprint density at radius 1 is 1.10 bits per heavy atom. The molecule has 108 valence electrons. The normalized spacial score (nSPS) is 14.4. The summed E-state index contributed by atoms with van der Waals surface area (Å²) in [7, 11) is 0. The van der Waals surface area contributed by atoms with Crippen molar-refractivity contribution in [2.24, 2.45) is 0 Å². The average molecular weight is 285 g/mol. The molecule has 0 N–H and O–H groups in total. The van der Waals surface area contributed by atoms with Crippen molar-refractivity contribution < 1.29 is 14.3 Å². The molecule has 0 atom stereocenters. The molecule has 1 aliphatic rings. The van der Waals surface area contributed by atoms with Crippen molar-refractivity contribution in [3.05, 3.63) is 36.2 Å². The number of fused-ring (bicyclic) bond motifs is 1. The second-order valence-corrected chi connectivity index (χ2v) is 4.92. The minimum Gasteiger partial charge on any atom is -0.452 e. The van der Waals surface area contributed by atoms with Gasteiger partial charge in [-0.3, -0.25) is 14.8 Å². The fourth-order valence-electron chi connectivity index (χ4n) is 2.36. The molecule has 6 heteroatoms. The van der Waals surface area contributed by atoms with Crippen molar-refractivity contribution in [2.75, 3.05) is 19.7 Å². The Balaban J connectivity index is 1.64. The van der Waals surface area contributed by atoms with Crippen molar-refractivity contribution in [1.29, 1.82) is 0 Å².